The molecule has 19 heavy (non-hydrogen) atoms. The molecule has 1 N–H and O–H groups in total. The molecule has 0 aliphatic rings. The molecule has 0 saturated carbocycles. The highest BCUT2D eigenvalue weighted by Gasteiger charge is 2.32. The third-order valence-corrected chi connectivity index (χ3v) is 2.30. The van der Waals surface area contributed by atoms with E-state index in [1.165, 1.54) is 18.2 Å². The molecule has 0 aliphatic heterocycles. The number of pyridine rings is 1. The summed E-state index contributed by atoms with van der Waals surface area (Å²) in [6.45, 7) is 0. The van der Waals surface area contributed by atoms with E-state index in [2.05, 4.69) is 15.0 Å². The molecule has 0 amide bonds. The smallest absolute Gasteiger partial charge is 0.404 e. The summed E-state index contributed by atoms with van der Waals surface area (Å²) in [7, 11) is 0. The summed E-state index contributed by atoms with van der Waals surface area (Å²) in [6.07, 6.45) is -4.75. The lowest BCUT2D eigenvalue weighted by Crippen LogP contribution is -2.17. The van der Waals surface area contributed by atoms with Crippen LogP contribution in [0.2, 0.25) is 5.15 Å². The van der Waals surface area contributed by atoms with Crippen LogP contribution in [0.1, 0.15) is 0 Å². The van der Waals surface area contributed by atoms with Gasteiger partial charge >= 0.3 is 6.36 Å². The average molecular weight is 289 g/mol. The predicted octanol–water partition coefficient (Wildman–Crippen LogP) is 4.38. The summed E-state index contributed by atoms with van der Waals surface area (Å²) < 4.78 is 40.6. The summed E-state index contributed by atoms with van der Waals surface area (Å²) in [6, 6.07) is 10.4. The monoisotopic (exact) mass is 288 g/mol. The molecule has 1 aromatic carbocycles. The SMILES string of the molecule is FC(F)(F)Oc1ccccc1Nc1cccc(Cl)n1. The van der Waals surface area contributed by atoms with E-state index in [4.69, 9.17) is 11.6 Å². The number of halogens is 4. The fourth-order valence-corrected chi connectivity index (χ4v) is 1.56. The zero-order chi connectivity index (χ0) is 13.9. The van der Waals surface area contributed by atoms with Gasteiger partial charge in [0, 0.05) is 0 Å². The van der Waals surface area contributed by atoms with Gasteiger partial charge in [-0.05, 0) is 24.3 Å². The van der Waals surface area contributed by atoms with E-state index in [0.717, 1.165) is 0 Å². The van der Waals surface area contributed by atoms with Crippen LogP contribution in [0.25, 0.3) is 0 Å². The lowest BCUT2D eigenvalue weighted by Gasteiger charge is -2.14. The molecule has 1 heterocycles. The first-order chi connectivity index (χ1) is 8.94. The van der Waals surface area contributed by atoms with Gasteiger partial charge < -0.3 is 10.1 Å². The van der Waals surface area contributed by atoms with Crippen molar-refractivity contribution in [2.75, 3.05) is 5.32 Å². The van der Waals surface area contributed by atoms with Crippen molar-refractivity contribution in [3.63, 3.8) is 0 Å². The van der Waals surface area contributed by atoms with Crippen molar-refractivity contribution in [2.24, 2.45) is 0 Å². The molecule has 0 fully saturated rings. The Balaban J connectivity index is 2.25. The van der Waals surface area contributed by atoms with Crippen LogP contribution in [0.4, 0.5) is 24.7 Å². The Morgan fingerprint density at radius 2 is 1.79 bits per heavy atom. The van der Waals surface area contributed by atoms with Crippen LogP contribution in [0.15, 0.2) is 42.5 Å². The van der Waals surface area contributed by atoms with Crippen molar-refractivity contribution in [1.29, 1.82) is 0 Å². The summed E-state index contributed by atoms with van der Waals surface area (Å²) >= 11 is 5.69. The maximum Gasteiger partial charge on any atom is 0.573 e. The molecule has 0 saturated heterocycles. The molecule has 0 spiro atoms. The van der Waals surface area contributed by atoms with Gasteiger partial charge in [0.05, 0.1) is 5.69 Å². The lowest BCUT2D eigenvalue weighted by molar-refractivity contribution is -0.274. The lowest BCUT2D eigenvalue weighted by atomic mass is 10.3. The van der Waals surface area contributed by atoms with E-state index in [-0.39, 0.29) is 16.6 Å². The van der Waals surface area contributed by atoms with Gasteiger partial charge in [-0.2, -0.15) is 0 Å². The molecule has 7 heteroatoms. The maximum atomic E-state index is 12.2. The molecular weight excluding hydrogens is 281 g/mol. The van der Waals surface area contributed by atoms with E-state index < -0.39 is 6.36 Å². The van der Waals surface area contributed by atoms with Crippen LogP contribution in [-0.4, -0.2) is 11.3 Å². The van der Waals surface area contributed by atoms with Crippen LogP contribution in [0.3, 0.4) is 0 Å². The number of rotatable bonds is 3. The second-order valence-electron chi connectivity index (χ2n) is 3.51. The molecule has 0 atom stereocenters. The summed E-state index contributed by atoms with van der Waals surface area (Å²) in [5.41, 5.74) is 0.148. The number of alkyl halides is 3. The topological polar surface area (TPSA) is 34.1 Å². The Kier molecular flexibility index (Phi) is 3.80. The number of hydrogen-bond acceptors (Lipinski definition) is 3. The molecule has 2 aromatic rings. The Labute approximate surface area is 112 Å². The Morgan fingerprint density at radius 1 is 1.05 bits per heavy atom. The van der Waals surface area contributed by atoms with E-state index in [9.17, 15) is 13.2 Å². The van der Waals surface area contributed by atoms with Gasteiger partial charge in [-0.1, -0.05) is 29.8 Å². The van der Waals surface area contributed by atoms with Crippen molar-refractivity contribution in [2.45, 2.75) is 6.36 Å². The molecule has 3 nitrogen and oxygen atoms in total. The second-order valence-corrected chi connectivity index (χ2v) is 3.90. The van der Waals surface area contributed by atoms with Gasteiger partial charge in [0.15, 0.2) is 5.75 Å². The maximum absolute atomic E-state index is 12.2. The summed E-state index contributed by atoms with van der Waals surface area (Å²) in [4.78, 5) is 3.92. The fraction of sp³-hybridized carbons (Fsp3) is 0.0833. The van der Waals surface area contributed by atoms with Crippen LogP contribution in [0, 0.1) is 0 Å². The van der Waals surface area contributed by atoms with Crippen LogP contribution >= 0.6 is 11.6 Å². The molecule has 0 unspecified atom stereocenters. The first kappa shape index (κ1) is 13.5. The molecule has 100 valence electrons. The fourth-order valence-electron chi connectivity index (χ4n) is 1.40. The summed E-state index contributed by atoms with van der Waals surface area (Å²) in [5, 5.41) is 2.95. The first-order valence-corrected chi connectivity index (χ1v) is 5.56. The Bertz CT molecular complexity index is 575. The van der Waals surface area contributed by atoms with Crippen molar-refractivity contribution >= 4 is 23.1 Å². The van der Waals surface area contributed by atoms with Gasteiger partial charge in [-0.15, -0.1) is 13.2 Å². The summed E-state index contributed by atoms with van der Waals surface area (Å²) in [5.74, 6) is -0.0116. The number of aromatic nitrogens is 1. The highest BCUT2D eigenvalue weighted by Crippen LogP contribution is 2.31. The number of benzene rings is 1. The Hall–Kier alpha value is -1.95. The zero-order valence-electron chi connectivity index (χ0n) is 9.41. The van der Waals surface area contributed by atoms with Crippen molar-refractivity contribution in [3.05, 3.63) is 47.6 Å². The molecule has 2 rings (SSSR count). The molecule has 0 bridgehead atoms. The van der Waals surface area contributed by atoms with E-state index in [1.54, 1.807) is 24.3 Å². The first-order valence-electron chi connectivity index (χ1n) is 5.18. The quantitative estimate of drug-likeness (QED) is 0.851. The van der Waals surface area contributed by atoms with Gasteiger partial charge in [0.2, 0.25) is 0 Å². The van der Waals surface area contributed by atoms with E-state index >= 15 is 0 Å². The number of nitrogens with zero attached hydrogens (tertiary/aromatic N) is 1. The normalized spacial score (nSPS) is 11.2. The van der Waals surface area contributed by atoms with Crippen molar-refractivity contribution < 1.29 is 17.9 Å². The number of ether oxygens (including phenoxy) is 1. The zero-order valence-corrected chi connectivity index (χ0v) is 10.2. The third kappa shape index (κ3) is 4.03. The number of para-hydroxylation sites is 2. The molecular formula is C12H8ClF3N2O. The van der Waals surface area contributed by atoms with Gasteiger partial charge in [0.1, 0.15) is 11.0 Å². The molecule has 1 aromatic heterocycles. The minimum Gasteiger partial charge on any atom is -0.404 e. The number of anilines is 2. The number of nitrogens with one attached hydrogen (secondary N) is 1. The minimum atomic E-state index is -4.75. The van der Waals surface area contributed by atoms with E-state index in [0.29, 0.717) is 5.82 Å². The van der Waals surface area contributed by atoms with Crippen molar-refractivity contribution in [3.8, 4) is 5.75 Å². The van der Waals surface area contributed by atoms with Crippen LogP contribution < -0.4 is 10.1 Å². The van der Waals surface area contributed by atoms with Crippen LogP contribution in [-0.2, 0) is 0 Å². The van der Waals surface area contributed by atoms with Crippen LogP contribution in [0.5, 0.6) is 5.75 Å². The standard InChI is InChI=1S/C12H8ClF3N2O/c13-10-6-3-7-11(18-10)17-8-4-1-2-5-9(8)19-12(14,15)16/h1-7H,(H,17,18). The van der Waals surface area contributed by atoms with Gasteiger partial charge in [-0.3, -0.25) is 0 Å². The predicted molar refractivity (Wildman–Crippen MR) is 65.7 cm³/mol. The highest BCUT2D eigenvalue weighted by atomic mass is 35.5. The molecule has 0 radical (unpaired) electrons. The average Bonchev–Trinajstić information content (AvgIpc) is 2.30. The third-order valence-electron chi connectivity index (χ3n) is 2.09. The Morgan fingerprint density at radius 3 is 2.47 bits per heavy atom. The second kappa shape index (κ2) is 5.36. The van der Waals surface area contributed by atoms with E-state index in [1.807, 2.05) is 0 Å². The van der Waals surface area contributed by atoms with Gasteiger partial charge in [-0.25, -0.2) is 4.98 Å². The molecule has 0 aliphatic carbocycles. The minimum absolute atomic E-state index is 0.148. The largest absolute Gasteiger partial charge is 0.573 e. The van der Waals surface area contributed by atoms with Crippen molar-refractivity contribution in [1.82, 2.24) is 4.98 Å². The van der Waals surface area contributed by atoms with Gasteiger partial charge in [0.25, 0.3) is 0 Å². The number of hydrogen-bond donors (Lipinski definition) is 1. The highest BCUT2D eigenvalue weighted by molar-refractivity contribution is 6.29.